The molecule has 0 aliphatic carbocycles. The van der Waals surface area contributed by atoms with Crippen LogP contribution in [-0.4, -0.2) is 72.1 Å². The van der Waals surface area contributed by atoms with Crippen molar-refractivity contribution < 1.29 is 13.2 Å². The fourth-order valence-corrected chi connectivity index (χ4v) is 4.84. The zero-order valence-electron chi connectivity index (χ0n) is 16.2. The van der Waals surface area contributed by atoms with Crippen molar-refractivity contribution in [2.45, 2.75) is 51.7 Å². The van der Waals surface area contributed by atoms with E-state index in [1.165, 1.54) is 0 Å². The Morgan fingerprint density at radius 3 is 2.48 bits per heavy atom. The smallest absolute Gasteiger partial charge is 0.319 e. The van der Waals surface area contributed by atoms with Crippen LogP contribution in [0.5, 0.6) is 0 Å². The van der Waals surface area contributed by atoms with E-state index in [4.69, 9.17) is 0 Å². The summed E-state index contributed by atoms with van der Waals surface area (Å²) in [5.74, 6) is 0. The van der Waals surface area contributed by atoms with E-state index in [0.29, 0.717) is 31.9 Å². The predicted molar refractivity (Wildman–Crippen MR) is 102 cm³/mol. The van der Waals surface area contributed by atoms with Crippen molar-refractivity contribution in [3.8, 4) is 0 Å². The summed E-state index contributed by atoms with van der Waals surface area (Å²) >= 11 is 0. The maximum absolute atomic E-state index is 12.5. The molecule has 9 nitrogen and oxygen atoms in total. The molecule has 0 unspecified atom stereocenters. The summed E-state index contributed by atoms with van der Waals surface area (Å²) < 4.78 is 31.2. The lowest BCUT2D eigenvalue weighted by Crippen LogP contribution is -2.41. The molecule has 0 spiro atoms. The molecular formula is C17H30N6O3S. The minimum atomic E-state index is -3.49. The SMILES string of the molecule is CN(C)C(=O)N1CCCn2nc(CNS(=O)(=O)N3CCCCCC3)cc2C1. The number of urea groups is 1. The first-order valence-electron chi connectivity index (χ1n) is 9.63. The number of nitrogens with one attached hydrogen (secondary N) is 1. The summed E-state index contributed by atoms with van der Waals surface area (Å²) in [4.78, 5) is 15.6. The van der Waals surface area contributed by atoms with E-state index in [2.05, 4.69) is 9.82 Å². The molecule has 0 atom stereocenters. The fraction of sp³-hybridized carbons (Fsp3) is 0.765. The highest BCUT2D eigenvalue weighted by molar-refractivity contribution is 7.87. The molecular weight excluding hydrogens is 368 g/mol. The molecule has 1 aromatic heterocycles. The third-order valence-electron chi connectivity index (χ3n) is 5.06. The van der Waals surface area contributed by atoms with Gasteiger partial charge in [-0.3, -0.25) is 4.68 Å². The Bertz CT molecular complexity index is 753. The highest BCUT2D eigenvalue weighted by atomic mass is 32.2. The Hall–Kier alpha value is -1.65. The van der Waals surface area contributed by atoms with Crippen molar-refractivity contribution in [2.24, 2.45) is 0 Å². The van der Waals surface area contributed by atoms with Gasteiger partial charge in [0.05, 0.1) is 24.5 Å². The van der Waals surface area contributed by atoms with Gasteiger partial charge in [-0.1, -0.05) is 12.8 Å². The first kappa shape index (κ1) is 20.1. The lowest BCUT2D eigenvalue weighted by molar-refractivity contribution is 0.169. The predicted octanol–water partition coefficient (Wildman–Crippen LogP) is 0.981. The van der Waals surface area contributed by atoms with Crippen molar-refractivity contribution in [1.29, 1.82) is 0 Å². The number of aromatic nitrogens is 2. The number of aryl methyl sites for hydroxylation is 1. The van der Waals surface area contributed by atoms with Crippen LogP contribution < -0.4 is 4.72 Å². The van der Waals surface area contributed by atoms with Gasteiger partial charge in [0.1, 0.15) is 0 Å². The Morgan fingerprint density at radius 2 is 1.81 bits per heavy atom. The Kier molecular flexibility index (Phi) is 6.38. The second-order valence-corrected chi connectivity index (χ2v) is 9.20. The number of carbonyl (C=O) groups excluding carboxylic acids is 1. The number of nitrogens with zero attached hydrogens (tertiary/aromatic N) is 5. The number of hydrogen-bond acceptors (Lipinski definition) is 4. The summed E-state index contributed by atoms with van der Waals surface area (Å²) in [5.41, 5.74) is 1.62. The zero-order chi connectivity index (χ0) is 19.4. The van der Waals surface area contributed by atoms with Crippen LogP contribution >= 0.6 is 0 Å². The molecule has 0 bridgehead atoms. The number of fused-ring (bicyclic) bond motifs is 1. The maximum atomic E-state index is 12.5. The molecule has 2 amide bonds. The summed E-state index contributed by atoms with van der Waals surface area (Å²) in [6, 6.07) is 1.87. The van der Waals surface area contributed by atoms with Crippen LogP contribution in [0.3, 0.4) is 0 Å². The second-order valence-electron chi connectivity index (χ2n) is 7.44. The molecule has 1 saturated heterocycles. The van der Waals surface area contributed by atoms with Gasteiger partial charge in [0.2, 0.25) is 0 Å². The van der Waals surface area contributed by atoms with Crippen molar-refractivity contribution in [2.75, 3.05) is 33.7 Å². The lowest BCUT2D eigenvalue weighted by atomic mass is 10.2. The van der Waals surface area contributed by atoms with E-state index in [1.807, 2.05) is 10.7 Å². The van der Waals surface area contributed by atoms with E-state index >= 15 is 0 Å². The molecule has 10 heteroatoms. The quantitative estimate of drug-likeness (QED) is 0.819. The van der Waals surface area contributed by atoms with Gasteiger partial charge in [-0.2, -0.15) is 22.5 Å². The van der Waals surface area contributed by atoms with Gasteiger partial charge >= 0.3 is 6.03 Å². The summed E-state index contributed by atoms with van der Waals surface area (Å²) in [7, 11) is 0.00119. The van der Waals surface area contributed by atoms with Crippen LogP contribution in [0.15, 0.2) is 6.07 Å². The molecule has 3 rings (SSSR count). The van der Waals surface area contributed by atoms with Gasteiger partial charge in [-0.15, -0.1) is 0 Å². The molecule has 0 aromatic carbocycles. The van der Waals surface area contributed by atoms with Crippen molar-refractivity contribution in [1.82, 2.24) is 28.6 Å². The largest absolute Gasteiger partial charge is 0.331 e. The zero-order valence-corrected chi connectivity index (χ0v) is 17.0. The molecule has 0 saturated carbocycles. The Labute approximate surface area is 161 Å². The van der Waals surface area contributed by atoms with Crippen LogP contribution in [-0.2, 0) is 29.8 Å². The normalized spacial score (nSPS) is 19.3. The maximum Gasteiger partial charge on any atom is 0.319 e. The average molecular weight is 399 g/mol. The van der Waals surface area contributed by atoms with E-state index in [9.17, 15) is 13.2 Å². The minimum Gasteiger partial charge on any atom is -0.331 e. The first-order chi connectivity index (χ1) is 12.9. The average Bonchev–Trinajstić information content (AvgIpc) is 2.83. The molecule has 0 radical (unpaired) electrons. The minimum absolute atomic E-state index is 0.0203. The Morgan fingerprint density at radius 1 is 1.11 bits per heavy atom. The monoisotopic (exact) mass is 398 g/mol. The third-order valence-corrected chi connectivity index (χ3v) is 6.61. The van der Waals surface area contributed by atoms with Crippen molar-refractivity contribution >= 4 is 16.2 Å². The molecule has 1 N–H and O–H groups in total. The van der Waals surface area contributed by atoms with E-state index in [1.54, 1.807) is 28.2 Å². The molecule has 1 fully saturated rings. The third kappa shape index (κ3) is 4.99. The van der Waals surface area contributed by atoms with Crippen LogP contribution in [0.1, 0.15) is 43.5 Å². The number of carbonyl (C=O) groups is 1. The molecule has 27 heavy (non-hydrogen) atoms. The highest BCUT2D eigenvalue weighted by Crippen LogP contribution is 2.16. The van der Waals surface area contributed by atoms with Gasteiger partial charge < -0.3 is 9.80 Å². The fourth-order valence-electron chi connectivity index (χ4n) is 3.59. The number of rotatable bonds is 4. The van der Waals surface area contributed by atoms with E-state index in [0.717, 1.165) is 44.3 Å². The van der Waals surface area contributed by atoms with Gasteiger partial charge in [-0.05, 0) is 25.3 Å². The molecule has 2 aliphatic rings. The van der Waals surface area contributed by atoms with Gasteiger partial charge in [-0.25, -0.2) is 4.79 Å². The van der Waals surface area contributed by atoms with Crippen LogP contribution in [0, 0.1) is 0 Å². The van der Waals surface area contributed by atoms with Gasteiger partial charge in [0, 0.05) is 40.3 Å². The van der Waals surface area contributed by atoms with Crippen LogP contribution in [0.4, 0.5) is 4.79 Å². The standard InChI is InChI=1S/C17H30N6O3S/c1-20(2)17(24)21-8-7-11-23-16(14-21)12-15(19-23)13-18-27(25,26)22-9-5-3-4-6-10-22/h12,18H,3-11,13-14H2,1-2H3. The number of amides is 2. The first-order valence-corrected chi connectivity index (χ1v) is 11.1. The lowest BCUT2D eigenvalue weighted by Gasteiger charge is -2.24. The van der Waals surface area contributed by atoms with Gasteiger partial charge in [0.15, 0.2) is 0 Å². The van der Waals surface area contributed by atoms with E-state index in [-0.39, 0.29) is 12.6 Å². The van der Waals surface area contributed by atoms with Crippen molar-refractivity contribution in [3.63, 3.8) is 0 Å². The summed E-state index contributed by atoms with van der Waals surface area (Å²) in [5, 5.41) is 4.54. The summed E-state index contributed by atoms with van der Waals surface area (Å²) in [6.07, 6.45) is 4.82. The van der Waals surface area contributed by atoms with E-state index < -0.39 is 10.2 Å². The summed E-state index contributed by atoms with van der Waals surface area (Å²) in [6.45, 7) is 3.24. The number of hydrogen-bond donors (Lipinski definition) is 1. The second kappa shape index (κ2) is 8.57. The Balaban J connectivity index is 1.64. The molecule has 3 heterocycles. The molecule has 2 aliphatic heterocycles. The molecule has 1 aromatic rings. The van der Waals surface area contributed by atoms with Gasteiger partial charge in [0.25, 0.3) is 10.2 Å². The van der Waals surface area contributed by atoms with Crippen molar-refractivity contribution in [3.05, 3.63) is 17.5 Å². The topological polar surface area (TPSA) is 90.8 Å². The molecule has 152 valence electrons. The van der Waals surface area contributed by atoms with Crippen LogP contribution in [0.2, 0.25) is 0 Å². The highest BCUT2D eigenvalue weighted by Gasteiger charge is 2.24. The van der Waals surface area contributed by atoms with Crippen LogP contribution in [0.25, 0.3) is 0 Å².